The SMILES string of the molecule is CN(CC(=O)NCCN1CCOCC1)S(C)(=O)=O. The molecular formula is C10H21N3O4S. The van der Waals surface area contributed by atoms with Gasteiger partial charge in [0, 0.05) is 33.2 Å². The third-order valence-electron chi connectivity index (χ3n) is 2.79. The van der Waals surface area contributed by atoms with Gasteiger partial charge in [-0.15, -0.1) is 0 Å². The Labute approximate surface area is 108 Å². The lowest BCUT2D eigenvalue weighted by Crippen LogP contribution is -2.43. The van der Waals surface area contributed by atoms with E-state index < -0.39 is 10.0 Å². The number of nitrogens with one attached hydrogen (secondary N) is 1. The molecule has 1 N–H and O–H groups in total. The van der Waals surface area contributed by atoms with Gasteiger partial charge in [0.15, 0.2) is 0 Å². The highest BCUT2D eigenvalue weighted by Gasteiger charge is 2.15. The van der Waals surface area contributed by atoms with Gasteiger partial charge in [0.1, 0.15) is 0 Å². The maximum atomic E-state index is 11.5. The Balaban J connectivity index is 2.17. The van der Waals surface area contributed by atoms with Crippen molar-refractivity contribution in [1.29, 1.82) is 0 Å². The second-order valence-electron chi connectivity index (χ2n) is 4.32. The summed E-state index contributed by atoms with van der Waals surface area (Å²) in [6.45, 7) is 4.35. The lowest BCUT2D eigenvalue weighted by Gasteiger charge is -2.26. The molecule has 1 fully saturated rings. The highest BCUT2D eigenvalue weighted by atomic mass is 32.2. The fourth-order valence-electron chi connectivity index (χ4n) is 1.55. The third-order valence-corrected chi connectivity index (χ3v) is 4.05. The molecule has 1 saturated heterocycles. The van der Waals surface area contributed by atoms with E-state index in [2.05, 4.69) is 10.2 Å². The topological polar surface area (TPSA) is 79.0 Å². The Hall–Kier alpha value is -0.700. The van der Waals surface area contributed by atoms with Crippen LogP contribution in [0.25, 0.3) is 0 Å². The number of ether oxygens (including phenoxy) is 1. The summed E-state index contributed by atoms with van der Waals surface area (Å²) in [5.74, 6) is -0.281. The number of likely N-dealkylation sites (N-methyl/N-ethyl adjacent to an activating group) is 1. The van der Waals surface area contributed by atoms with Gasteiger partial charge in [-0.3, -0.25) is 9.69 Å². The minimum Gasteiger partial charge on any atom is -0.379 e. The van der Waals surface area contributed by atoms with Gasteiger partial charge in [0.05, 0.1) is 26.0 Å². The summed E-state index contributed by atoms with van der Waals surface area (Å²) < 4.78 is 28.5. The largest absolute Gasteiger partial charge is 0.379 e. The molecule has 0 atom stereocenters. The Bertz CT molecular complexity index is 365. The molecule has 0 spiro atoms. The molecule has 0 bridgehead atoms. The molecule has 1 heterocycles. The number of carbonyl (C=O) groups excluding carboxylic acids is 1. The van der Waals surface area contributed by atoms with Crippen LogP contribution in [-0.2, 0) is 19.6 Å². The molecule has 8 heteroatoms. The van der Waals surface area contributed by atoms with Crippen molar-refractivity contribution in [2.45, 2.75) is 0 Å². The first-order valence-electron chi connectivity index (χ1n) is 5.87. The molecule has 0 aromatic carbocycles. The second-order valence-corrected chi connectivity index (χ2v) is 6.41. The zero-order valence-corrected chi connectivity index (χ0v) is 11.7. The molecule has 0 aliphatic carbocycles. The summed E-state index contributed by atoms with van der Waals surface area (Å²) in [7, 11) is -1.91. The molecule has 0 radical (unpaired) electrons. The molecule has 0 aromatic heterocycles. The van der Waals surface area contributed by atoms with Crippen molar-refractivity contribution >= 4 is 15.9 Å². The molecule has 0 unspecified atom stereocenters. The summed E-state index contributed by atoms with van der Waals surface area (Å²) >= 11 is 0. The molecule has 18 heavy (non-hydrogen) atoms. The van der Waals surface area contributed by atoms with Crippen molar-refractivity contribution in [3.05, 3.63) is 0 Å². The lowest BCUT2D eigenvalue weighted by molar-refractivity contribution is -0.121. The maximum absolute atomic E-state index is 11.5. The van der Waals surface area contributed by atoms with E-state index in [1.165, 1.54) is 7.05 Å². The van der Waals surface area contributed by atoms with E-state index in [1.54, 1.807) is 0 Å². The van der Waals surface area contributed by atoms with E-state index in [0.29, 0.717) is 6.54 Å². The van der Waals surface area contributed by atoms with Gasteiger partial charge in [-0.1, -0.05) is 0 Å². The number of hydrogen-bond donors (Lipinski definition) is 1. The van der Waals surface area contributed by atoms with Gasteiger partial charge in [-0.05, 0) is 0 Å². The van der Waals surface area contributed by atoms with Crippen LogP contribution < -0.4 is 5.32 Å². The van der Waals surface area contributed by atoms with Gasteiger partial charge in [-0.25, -0.2) is 8.42 Å². The fourth-order valence-corrected chi connectivity index (χ4v) is 1.91. The van der Waals surface area contributed by atoms with Crippen LogP contribution in [0.2, 0.25) is 0 Å². The Kier molecular flexibility index (Phi) is 6.00. The molecule has 1 amide bonds. The van der Waals surface area contributed by atoms with Gasteiger partial charge < -0.3 is 10.1 Å². The van der Waals surface area contributed by atoms with Crippen molar-refractivity contribution in [3.63, 3.8) is 0 Å². The smallest absolute Gasteiger partial charge is 0.235 e. The number of amides is 1. The normalized spacial score (nSPS) is 17.9. The van der Waals surface area contributed by atoms with Gasteiger partial charge in [0.25, 0.3) is 0 Å². The van der Waals surface area contributed by atoms with Crippen molar-refractivity contribution in [1.82, 2.24) is 14.5 Å². The van der Waals surface area contributed by atoms with E-state index >= 15 is 0 Å². The van der Waals surface area contributed by atoms with Crippen LogP contribution in [0.4, 0.5) is 0 Å². The molecule has 106 valence electrons. The standard InChI is InChI=1S/C10H21N3O4S/c1-12(18(2,15)16)9-10(14)11-3-4-13-5-7-17-8-6-13/h3-9H2,1-2H3,(H,11,14). The number of morpholine rings is 1. The number of carbonyl (C=O) groups is 1. The first-order valence-corrected chi connectivity index (χ1v) is 7.72. The van der Waals surface area contributed by atoms with Crippen LogP contribution in [0.15, 0.2) is 0 Å². The van der Waals surface area contributed by atoms with Crippen LogP contribution in [0.1, 0.15) is 0 Å². The molecule has 1 rings (SSSR count). The average molecular weight is 279 g/mol. The van der Waals surface area contributed by atoms with Crippen LogP contribution >= 0.6 is 0 Å². The summed E-state index contributed by atoms with van der Waals surface area (Å²) in [4.78, 5) is 13.7. The molecular weight excluding hydrogens is 258 g/mol. The number of nitrogens with zero attached hydrogens (tertiary/aromatic N) is 2. The third kappa shape index (κ3) is 5.76. The van der Waals surface area contributed by atoms with E-state index in [4.69, 9.17) is 4.74 Å². The Morgan fingerprint density at radius 2 is 2.00 bits per heavy atom. The Morgan fingerprint density at radius 1 is 1.39 bits per heavy atom. The van der Waals surface area contributed by atoms with Gasteiger partial charge >= 0.3 is 0 Å². The predicted octanol–water partition coefficient (Wildman–Crippen LogP) is -1.67. The summed E-state index contributed by atoms with van der Waals surface area (Å²) in [6.07, 6.45) is 1.08. The maximum Gasteiger partial charge on any atom is 0.235 e. The zero-order valence-electron chi connectivity index (χ0n) is 10.9. The lowest BCUT2D eigenvalue weighted by atomic mass is 10.4. The Morgan fingerprint density at radius 3 is 2.56 bits per heavy atom. The van der Waals surface area contributed by atoms with Crippen molar-refractivity contribution in [2.24, 2.45) is 0 Å². The van der Waals surface area contributed by atoms with Crippen molar-refractivity contribution in [3.8, 4) is 0 Å². The van der Waals surface area contributed by atoms with E-state index in [1.807, 2.05) is 0 Å². The second kappa shape index (κ2) is 7.03. The number of sulfonamides is 1. The molecule has 7 nitrogen and oxygen atoms in total. The first kappa shape index (κ1) is 15.4. The summed E-state index contributed by atoms with van der Waals surface area (Å²) in [5, 5.41) is 2.71. The molecule has 0 saturated carbocycles. The highest BCUT2D eigenvalue weighted by molar-refractivity contribution is 7.88. The van der Waals surface area contributed by atoms with Crippen LogP contribution in [0, 0.1) is 0 Å². The highest BCUT2D eigenvalue weighted by Crippen LogP contribution is 1.95. The molecule has 1 aliphatic heterocycles. The van der Waals surface area contributed by atoms with E-state index in [0.717, 1.165) is 43.4 Å². The number of hydrogen-bond acceptors (Lipinski definition) is 5. The first-order chi connectivity index (χ1) is 8.39. The monoisotopic (exact) mass is 279 g/mol. The summed E-state index contributed by atoms with van der Waals surface area (Å²) in [5.41, 5.74) is 0. The van der Waals surface area contributed by atoms with E-state index in [-0.39, 0.29) is 12.5 Å². The molecule has 1 aliphatic rings. The quantitative estimate of drug-likeness (QED) is 0.629. The van der Waals surface area contributed by atoms with Crippen molar-refractivity contribution < 1.29 is 17.9 Å². The zero-order chi connectivity index (χ0) is 13.6. The predicted molar refractivity (Wildman–Crippen MR) is 67.7 cm³/mol. The van der Waals surface area contributed by atoms with E-state index in [9.17, 15) is 13.2 Å². The summed E-state index contributed by atoms with van der Waals surface area (Å²) in [6, 6.07) is 0. The average Bonchev–Trinajstić information content (AvgIpc) is 2.29. The number of rotatable bonds is 6. The van der Waals surface area contributed by atoms with Gasteiger partial charge in [-0.2, -0.15) is 4.31 Å². The van der Waals surface area contributed by atoms with Crippen molar-refractivity contribution in [2.75, 3.05) is 59.2 Å². The van der Waals surface area contributed by atoms with Gasteiger partial charge in [0.2, 0.25) is 15.9 Å². The minimum absolute atomic E-state index is 0.137. The van der Waals surface area contributed by atoms with Crippen LogP contribution in [0.5, 0.6) is 0 Å². The van der Waals surface area contributed by atoms with Crippen LogP contribution in [-0.4, -0.2) is 82.8 Å². The van der Waals surface area contributed by atoms with Crippen LogP contribution in [0.3, 0.4) is 0 Å². The minimum atomic E-state index is -3.30. The molecule has 0 aromatic rings. The fraction of sp³-hybridized carbons (Fsp3) is 0.900.